The summed E-state index contributed by atoms with van der Waals surface area (Å²) in [4.78, 5) is 13.7. The van der Waals surface area contributed by atoms with Crippen LogP contribution in [0.2, 0.25) is 0 Å². The molecule has 1 aliphatic heterocycles. The third-order valence-corrected chi connectivity index (χ3v) is 3.12. The van der Waals surface area contributed by atoms with Gasteiger partial charge in [-0.15, -0.1) is 0 Å². The van der Waals surface area contributed by atoms with Crippen LogP contribution in [0, 0.1) is 5.92 Å². The number of rotatable bonds is 6. The van der Waals surface area contributed by atoms with Gasteiger partial charge >= 0.3 is 0 Å². The molecular weight excluding hydrogens is 204 g/mol. The molecule has 0 saturated carbocycles. The monoisotopic (exact) mass is 228 g/mol. The zero-order chi connectivity index (χ0) is 12.1. The van der Waals surface area contributed by atoms with Crippen LogP contribution < -0.4 is 5.32 Å². The summed E-state index contributed by atoms with van der Waals surface area (Å²) >= 11 is 0. The fourth-order valence-corrected chi connectivity index (χ4v) is 1.86. The topological polar surface area (TPSA) is 52.6 Å². The van der Waals surface area contributed by atoms with E-state index in [1.54, 1.807) is 4.90 Å². The van der Waals surface area contributed by atoms with Gasteiger partial charge in [0.2, 0.25) is 5.91 Å². The van der Waals surface area contributed by atoms with Crippen molar-refractivity contribution >= 4 is 5.91 Å². The Morgan fingerprint density at radius 3 is 2.81 bits per heavy atom. The first-order valence-electron chi connectivity index (χ1n) is 6.26. The van der Waals surface area contributed by atoms with E-state index < -0.39 is 6.10 Å². The van der Waals surface area contributed by atoms with Gasteiger partial charge in [0.25, 0.3) is 0 Å². The highest BCUT2D eigenvalue weighted by Crippen LogP contribution is 2.13. The largest absolute Gasteiger partial charge is 0.391 e. The van der Waals surface area contributed by atoms with Crippen molar-refractivity contribution in [2.45, 2.75) is 45.8 Å². The molecule has 0 spiro atoms. The second-order valence-corrected chi connectivity index (χ2v) is 4.89. The van der Waals surface area contributed by atoms with Gasteiger partial charge in [0.15, 0.2) is 0 Å². The number of carbonyl (C=O) groups is 1. The Balaban J connectivity index is 2.38. The summed E-state index contributed by atoms with van der Waals surface area (Å²) in [6.45, 7) is 8.16. The first kappa shape index (κ1) is 13.5. The summed E-state index contributed by atoms with van der Waals surface area (Å²) in [5.74, 6) is 0.351. The van der Waals surface area contributed by atoms with Crippen molar-refractivity contribution in [3.63, 3.8) is 0 Å². The van der Waals surface area contributed by atoms with Gasteiger partial charge in [-0.2, -0.15) is 0 Å². The third-order valence-electron chi connectivity index (χ3n) is 3.12. The predicted octanol–water partition coefficient (Wildman–Crippen LogP) is 0.604. The quantitative estimate of drug-likeness (QED) is 0.700. The van der Waals surface area contributed by atoms with E-state index in [2.05, 4.69) is 12.2 Å². The summed E-state index contributed by atoms with van der Waals surface area (Å²) in [6, 6.07) is -0.0284. The number of aliphatic hydroxyl groups excluding tert-OH is 1. The SMILES string of the molecule is CCCNC1CCN(CC(O)C(C)C)C1=O. The fraction of sp³-hybridized carbons (Fsp3) is 0.917. The van der Waals surface area contributed by atoms with E-state index in [9.17, 15) is 9.90 Å². The molecule has 0 aliphatic carbocycles. The minimum atomic E-state index is -0.408. The van der Waals surface area contributed by atoms with Gasteiger partial charge in [0.05, 0.1) is 12.1 Å². The number of aliphatic hydroxyl groups is 1. The van der Waals surface area contributed by atoms with Gasteiger partial charge in [-0.05, 0) is 25.3 Å². The first-order chi connectivity index (χ1) is 7.56. The number of carbonyl (C=O) groups excluding carboxylic acids is 1. The Morgan fingerprint density at radius 1 is 1.56 bits per heavy atom. The molecule has 4 nitrogen and oxygen atoms in total. The molecule has 1 rings (SSSR count). The van der Waals surface area contributed by atoms with Gasteiger partial charge in [-0.25, -0.2) is 0 Å². The molecular formula is C12H24N2O2. The van der Waals surface area contributed by atoms with E-state index in [1.165, 1.54) is 0 Å². The minimum absolute atomic E-state index is 0.0284. The zero-order valence-electron chi connectivity index (χ0n) is 10.6. The maximum absolute atomic E-state index is 11.9. The number of likely N-dealkylation sites (tertiary alicyclic amines) is 1. The molecule has 0 radical (unpaired) electrons. The molecule has 4 heteroatoms. The Labute approximate surface area is 98.0 Å². The number of nitrogens with one attached hydrogen (secondary N) is 1. The van der Waals surface area contributed by atoms with Crippen molar-refractivity contribution in [1.82, 2.24) is 10.2 Å². The van der Waals surface area contributed by atoms with E-state index in [0.717, 1.165) is 25.9 Å². The summed E-state index contributed by atoms with van der Waals surface area (Å²) in [7, 11) is 0. The van der Waals surface area contributed by atoms with Crippen LogP contribution in [0.4, 0.5) is 0 Å². The lowest BCUT2D eigenvalue weighted by Gasteiger charge is -2.22. The van der Waals surface area contributed by atoms with Crippen molar-refractivity contribution in [3.8, 4) is 0 Å². The van der Waals surface area contributed by atoms with Crippen LogP contribution in [0.15, 0.2) is 0 Å². The molecule has 1 fully saturated rings. The van der Waals surface area contributed by atoms with Crippen LogP contribution in [-0.4, -0.2) is 47.7 Å². The van der Waals surface area contributed by atoms with E-state index >= 15 is 0 Å². The number of nitrogens with zero attached hydrogens (tertiary/aromatic N) is 1. The van der Waals surface area contributed by atoms with Crippen molar-refractivity contribution in [1.29, 1.82) is 0 Å². The van der Waals surface area contributed by atoms with E-state index in [0.29, 0.717) is 6.54 Å². The van der Waals surface area contributed by atoms with Crippen molar-refractivity contribution in [2.24, 2.45) is 5.92 Å². The number of amides is 1. The second-order valence-electron chi connectivity index (χ2n) is 4.89. The molecule has 0 bridgehead atoms. The molecule has 16 heavy (non-hydrogen) atoms. The number of hydrogen-bond donors (Lipinski definition) is 2. The van der Waals surface area contributed by atoms with Gasteiger partial charge in [-0.3, -0.25) is 4.79 Å². The average Bonchev–Trinajstić information content (AvgIpc) is 2.57. The van der Waals surface area contributed by atoms with Crippen LogP contribution >= 0.6 is 0 Å². The van der Waals surface area contributed by atoms with Crippen molar-refractivity contribution in [3.05, 3.63) is 0 Å². The van der Waals surface area contributed by atoms with Crippen LogP contribution in [0.3, 0.4) is 0 Å². The number of β-amino-alcohol motifs (C(OH)–C–C–N with tert-alkyl or cyclic N) is 1. The maximum atomic E-state index is 11.9. The average molecular weight is 228 g/mol. The predicted molar refractivity (Wildman–Crippen MR) is 64.1 cm³/mol. The van der Waals surface area contributed by atoms with Gasteiger partial charge < -0.3 is 15.3 Å². The molecule has 2 unspecified atom stereocenters. The van der Waals surface area contributed by atoms with Crippen LogP contribution in [0.5, 0.6) is 0 Å². The minimum Gasteiger partial charge on any atom is -0.391 e. The highest BCUT2D eigenvalue weighted by atomic mass is 16.3. The lowest BCUT2D eigenvalue weighted by atomic mass is 10.1. The summed E-state index contributed by atoms with van der Waals surface area (Å²) < 4.78 is 0. The standard InChI is InChI=1S/C12H24N2O2/c1-4-6-13-10-5-7-14(12(10)16)8-11(15)9(2)3/h9-11,13,15H,4-8H2,1-3H3. The Morgan fingerprint density at radius 2 is 2.25 bits per heavy atom. The molecule has 1 heterocycles. The highest BCUT2D eigenvalue weighted by molar-refractivity contribution is 5.84. The normalized spacial score (nSPS) is 23.2. The van der Waals surface area contributed by atoms with Crippen LogP contribution in [0.25, 0.3) is 0 Å². The van der Waals surface area contributed by atoms with Gasteiger partial charge in [0.1, 0.15) is 0 Å². The van der Waals surface area contributed by atoms with Crippen LogP contribution in [-0.2, 0) is 4.79 Å². The lowest BCUT2D eigenvalue weighted by Crippen LogP contribution is -2.42. The molecule has 0 aromatic rings. The summed E-state index contributed by atoms with van der Waals surface area (Å²) in [5, 5.41) is 13.0. The third kappa shape index (κ3) is 3.46. The molecule has 2 atom stereocenters. The molecule has 1 saturated heterocycles. The molecule has 2 N–H and O–H groups in total. The van der Waals surface area contributed by atoms with Crippen molar-refractivity contribution in [2.75, 3.05) is 19.6 Å². The van der Waals surface area contributed by atoms with Gasteiger partial charge in [-0.1, -0.05) is 20.8 Å². The summed E-state index contributed by atoms with van der Waals surface area (Å²) in [6.07, 6.45) is 1.50. The van der Waals surface area contributed by atoms with E-state index in [4.69, 9.17) is 0 Å². The molecule has 0 aromatic carbocycles. The highest BCUT2D eigenvalue weighted by Gasteiger charge is 2.32. The lowest BCUT2D eigenvalue weighted by molar-refractivity contribution is -0.130. The summed E-state index contributed by atoms with van der Waals surface area (Å²) in [5.41, 5.74) is 0. The van der Waals surface area contributed by atoms with Crippen molar-refractivity contribution < 1.29 is 9.90 Å². The fourth-order valence-electron chi connectivity index (χ4n) is 1.86. The van der Waals surface area contributed by atoms with Crippen LogP contribution in [0.1, 0.15) is 33.6 Å². The Kier molecular flexibility index (Phi) is 5.22. The molecule has 94 valence electrons. The van der Waals surface area contributed by atoms with Gasteiger partial charge in [0, 0.05) is 13.1 Å². The Hall–Kier alpha value is -0.610. The molecule has 1 aliphatic rings. The molecule has 0 aromatic heterocycles. The maximum Gasteiger partial charge on any atom is 0.239 e. The van der Waals surface area contributed by atoms with E-state index in [-0.39, 0.29) is 17.9 Å². The second kappa shape index (κ2) is 6.21. The smallest absolute Gasteiger partial charge is 0.239 e. The Bertz CT molecular complexity index is 231. The zero-order valence-corrected chi connectivity index (χ0v) is 10.6. The van der Waals surface area contributed by atoms with E-state index in [1.807, 2.05) is 13.8 Å². The number of hydrogen-bond acceptors (Lipinski definition) is 3. The molecule has 1 amide bonds. The first-order valence-corrected chi connectivity index (χ1v) is 6.26.